The van der Waals surface area contributed by atoms with Crippen LogP contribution >= 0.6 is 15.9 Å². The molecule has 1 aromatic heterocycles. The second-order valence-electron chi connectivity index (χ2n) is 9.06. The van der Waals surface area contributed by atoms with Gasteiger partial charge in [0.2, 0.25) is 0 Å². The molecule has 2 aromatic carbocycles. The fourth-order valence-corrected chi connectivity index (χ4v) is 5.64. The summed E-state index contributed by atoms with van der Waals surface area (Å²) in [4.78, 5) is 1.61. The molecule has 6 heteroatoms. The monoisotopic (exact) mass is 492 g/mol. The molecule has 1 atom stereocenters. The van der Waals surface area contributed by atoms with Crippen LogP contribution < -0.4 is 15.1 Å². The maximum absolute atomic E-state index is 6.78. The van der Waals surface area contributed by atoms with E-state index in [0.29, 0.717) is 0 Å². The second-order valence-corrected chi connectivity index (χ2v) is 9.98. The van der Waals surface area contributed by atoms with E-state index < -0.39 is 0 Å². The van der Waals surface area contributed by atoms with E-state index in [1.165, 1.54) is 11.1 Å². The maximum Gasteiger partial charge on any atom is 0.191 e. The van der Waals surface area contributed by atoms with Crippen molar-refractivity contribution in [2.45, 2.75) is 38.1 Å². The lowest BCUT2D eigenvalue weighted by Crippen LogP contribution is -3.12. The van der Waals surface area contributed by atoms with Crippen LogP contribution in [-0.4, -0.2) is 23.8 Å². The molecule has 3 aromatic rings. The molecule has 1 unspecified atom stereocenters. The van der Waals surface area contributed by atoms with Gasteiger partial charge in [-0.05, 0) is 43.3 Å². The van der Waals surface area contributed by atoms with Crippen LogP contribution in [0.25, 0.3) is 5.70 Å². The van der Waals surface area contributed by atoms with Crippen molar-refractivity contribution in [2.75, 3.05) is 13.1 Å². The first kappa shape index (κ1) is 20.1. The van der Waals surface area contributed by atoms with Crippen LogP contribution in [0.15, 0.2) is 75.6 Å². The number of ether oxygens (including phenoxy) is 1. The Morgan fingerprint density at radius 3 is 2.66 bits per heavy atom. The maximum atomic E-state index is 6.78. The van der Waals surface area contributed by atoms with Crippen molar-refractivity contribution in [3.8, 4) is 5.75 Å². The molecule has 0 radical (unpaired) electrons. The molecular weight excluding hydrogens is 466 g/mol. The average molecular weight is 493 g/mol. The molecule has 0 aliphatic carbocycles. The van der Waals surface area contributed by atoms with Gasteiger partial charge in [-0.15, -0.1) is 0 Å². The Kier molecular flexibility index (Phi) is 4.90. The van der Waals surface area contributed by atoms with Gasteiger partial charge in [-0.2, -0.15) is 5.01 Å². The Balaban J connectivity index is 1.29. The van der Waals surface area contributed by atoms with Gasteiger partial charge in [0.25, 0.3) is 0 Å². The molecule has 1 spiro atoms. The average Bonchev–Trinajstić information content (AvgIpc) is 3.44. The predicted molar refractivity (Wildman–Crippen MR) is 127 cm³/mol. The van der Waals surface area contributed by atoms with Gasteiger partial charge in [-0.25, -0.2) is 0 Å². The van der Waals surface area contributed by atoms with E-state index in [1.54, 1.807) is 4.90 Å². The highest BCUT2D eigenvalue weighted by atomic mass is 79.9. The Morgan fingerprint density at radius 1 is 1.09 bits per heavy atom. The van der Waals surface area contributed by atoms with Crippen molar-refractivity contribution in [1.82, 2.24) is 10.4 Å². The van der Waals surface area contributed by atoms with Crippen molar-refractivity contribution in [3.63, 3.8) is 0 Å². The fraction of sp³-hybridized carbons (Fsp3) is 0.308. The number of hydrogen-bond donors (Lipinski definition) is 2. The summed E-state index contributed by atoms with van der Waals surface area (Å²) in [6, 6.07) is 21.3. The standard InChI is InChI=1S/C26H26BrN3O2/c1-18-7-9-25(31-18)22-16-23-21-15-20(27)8-10-24(21)32-26(30(23)28-22)11-13-29(14-12-26)17-19-5-3-2-4-6-19/h2-10,15-16,23,28H,11-14,17H2,1H3/p+1. The lowest BCUT2D eigenvalue weighted by atomic mass is 9.92. The SMILES string of the molecule is Cc1ccc(C2=CC3c4cc(Br)ccc4OC4(CC[NH+](Cc5ccccc5)CC4)N3N2)o1. The van der Waals surface area contributed by atoms with E-state index in [0.717, 1.165) is 59.9 Å². The number of nitrogens with one attached hydrogen (secondary N) is 2. The first-order chi connectivity index (χ1) is 15.6. The molecule has 164 valence electrons. The van der Waals surface area contributed by atoms with Gasteiger partial charge in [-0.1, -0.05) is 46.3 Å². The van der Waals surface area contributed by atoms with Crippen molar-refractivity contribution in [3.05, 3.63) is 93.9 Å². The minimum atomic E-state index is -0.369. The third kappa shape index (κ3) is 3.47. The molecule has 0 saturated carbocycles. The van der Waals surface area contributed by atoms with Gasteiger partial charge in [0.1, 0.15) is 18.1 Å². The van der Waals surface area contributed by atoms with Gasteiger partial charge in [-0.3, -0.25) is 0 Å². The van der Waals surface area contributed by atoms with Gasteiger partial charge in [0.05, 0.1) is 37.7 Å². The second kappa shape index (κ2) is 7.80. The van der Waals surface area contributed by atoms with Gasteiger partial charge >= 0.3 is 0 Å². The van der Waals surface area contributed by atoms with E-state index in [2.05, 4.69) is 81.0 Å². The molecular formula is C26H27BrN3O2+. The van der Waals surface area contributed by atoms with E-state index >= 15 is 0 Å². The van der Waals surface area contributed by atoms with Crippen molar-refractivity contribution in [2.24, 2.45) is 0 Å². The van der Waals surface area contributed by atoms with Gasteiger partial charge in [0, 0.05) is 15.6 Å². The molecule has 5 nitrogen and oxygen atoms in total. The van der Waals surface area contributed by atoms with Crippen LogP contribution in [0.4, 0.5) is 0 Å². The number of furan rings is 1. The van der Waals surface area contributed by atoms with E-state index in [9.17, 15) is 0 Å². The third-order valence-electron chi connectivity index (χ3n) is 6.91. The zero-order valence-electron chi connectivity index (χ0n) is 18.1. The van der Waals surface area contributed by atoms with Crippen molar-refractivity contribution in [1.29, 1.82) is 0 Å². The quantitative estimate of drug-likeness (QED) is 0.574. The summed E-state index contributed by atoms with van der Waals surface area (Å²) >= 11 is 3.64. The number of aryl methyl sites for hydroxylation is 1. The minimum Gasteiger partial charge on any atom is -0.470 e. The number of rotatable bonds is 3. The highest BCUT2D eigenvalue weighted by Gasteiger charge is 2.53. The molecule has 4 heterocycles. The number of likely N-dealkylation sites (tertiary alicyclic amines) is 1. The van der Waals surface area contributed by atoms with Crippen LogP contribution in [-0.2, 0) is 6.54 Å². The summed E-state index contributed by atoms with van der Waals surface area (Å²) < 4.78 is 13.8. The fourth-order valence-electron chi connectivity index (χ4n) is 5.27. The number of fused-ring (bicyclic) bond motifs is 4. The zero-order valence-corrected chi connectivity index (χ0v) is 19.7. The zero-order chi connectivity index (χ0) is 21.7. The Bertz CT molecular complexity index is 1160. The molecule has 1 fully saturated rings. The highest BCUT2D eigenvalue weighted by Crippen LogP contribution is 2.48. The highest BCUT2D eigenvalue weighted by molar-refractivity contribution is 9.10. The summed E-state index contributed by atoms with van der Waals surface area (Å²) in [5.74, 6) is 2.77. The topological polar surface area (TPSA) is 42.1 Å². The lowest BCUT2D eigenvalue weighted by molar-refractivity contribution is -0.921. The lowest BCUT2D eigenvalue weighted by Gasteiger charge is -2.50. The molecule has 3 aliphatic rings. The van der Waals surface area contributed by atoms with E-state index in [1.807, 2.05) is 19.1 Å². The predicted octanol–water partition coefficient (Wildman–Crippen LogP) is 4.22. The molecule has 6 rings (SSSR count). The third-order valence-corrected chi connectivity index (χ3v) is 7.41. The Labute approximate surface area is 196 Å². The Hall–Kier alpha value is -2.54. The van der Waals surface area contributed by atoms with Crippen LogP contribution in [0.1, 0.15) is 41.5 Å². The van der Waals surface area contributed by atoms with Crippen LogP contribution in [0.3, 0.4) is 0 Å². The summed E-state index contributed by atoms with van der Waals surface area (Å²) in [5.41, 5.74) is 6.87. The molecule has 2 N–H and O–H groups in total. The van der Waals surface area contributed by atoms with Crippen LogP contribution in [0, 0.1) is 6.92 Å². The molecule has 0 amide bonds. The van der Waals surface area contributed by atoms with E-state index in [-0.39, 0.29) is 11.8 Å². The molecule has 3 aliphatic heterocycles. The number of benzene rings is 2. The smallest absolute Gasteiger partial charge is 0.191 e. The summed E-state index contributed by atoms with van der Waals surface area (Å²) in [6.07, 6.45) is 4.20. The first-order valence-electron chi connectivity index (χ1n) is 11.3. The number of hydrogen-bond acceptors (Lipinski definition) is 4. The Morgan fingerprint density at radius 2 is 1.91 bits per heavy atom. The molecule has 1 saturated heterocycles. The van der Waals surface area contributed by atoms with Gasteiger partial charge < -0.3 is 19.5 Å². The normalized spacial score (nSPS) is 26.8. The van der Waals surface area contributed by atoms with Crippen LogP contribution in [0.2, 0.25) is 0 Å². The molecule has 32 heavy (non-hydrogen) atoms. The largest absolute Gasteiger partial charge is 0.470 e. The minimum absolute atomic E-state index is 0.104. The summed E-state index contributed by atoms with van der Waals surface area (Å²) in [7, 11) is 0. The van der Waals surface area contributed by atoms with E-state index in [4.69, 9.17) is 9.15 Å². The van der Waals surface area contributed by atoms with Crippen LogP contribution in [0.5, 0.6) is 5.75 Å². The first-order valence-corrected chi connectivity index (χ1v) is 12.1. The summed E-state index contributed by atoms with van der Waals surface area (Å²) in [6.45, 7) is 5.18. The number of piperidine rings is 1. The number of quaternary nitrogens is 1. The number of halogens is 1. The number of hydrazine groups is 1. The molecule has 0 bridgehead atoms. The summed E-state index contributed by atoms with van der Waals surface area (Å²) in [5, 5.41) is 2.33. The van der Waals surface area contributed by atoms with Crippen molar-refractivity contribution < 1.29 is 14.1 Å². The van der Waals surface area contributed by atoms with Crippen molar-refractivity contribution >= 4 is 21.6 Å². The van der Waals surface area contributed by atoms with Gasteiger partial charge in [0.15, 0.2) is 11.5 Å². The number of nitrogens with zero attached hydrogens (tertiary/aromatic N) is 1.